The lowest BCUT2D eigenvalue weighted by Gasteiger charge is -2.08. The maximum atomic E-state index is 4.27. The predicted molar refractivity (Wildman–Crippen MR) is 51.8 cm³/mol. The minimum absolute atomic E-state index is 0.420. The van der Waals surface area contributed by atoms with Crippen LogP contribution in [0.1, 0.15) is 18.5 Å². The van der Waals surface area contributed by atoms with Crippen LogP contribution in [-0.2, 0) is 5.41 Å². The normalized spacial score (nSPS) is 19.7. The Bertz CT molecular complexity index is 244. The van der Waals surface area contributed by atoms with Gasteiger partial charge in [0.1, 0.15) is 6.33 Å². The molecule has 0 aliphatic heterocycles. The summed E-state index contributed by atoms with van der Waals surface area (Å²) in [6, 6.07) is 2.03. The summed E-state index contributed by atoms with van der Waals surface area (Å²) >= 11 is 2.44. The van der Waals surface area contributed by atoms with Gasteiger partial charge in [-0.1, -0.05) is 22.6 Å². The molecule has 0 amide bonds. The molecule has 1 fully saturated rings. The first-order valence-electron chi connectivity index (χ1n) is 3.70. The van der Waals surface area contributed by atoms with E-state index in [-0.39, 0.29) is 0 Å². The van der Waals surface area contributed by atoms with E-state index in [2.05, 4.69) is 32.6 Å². The van der Waals surface area contributed by atoms with Crippen molar-refractivity contribution in [2.75, 3.05) is 4.43 Å². The van der Waals surface area contributed by atoms with Crippen LogP contribution in [0.5, 0.6) is 0 Å². The molecule has 0 bridgehead atoms. The van der Waals surface area contributed by atoms with Gasteiger partial charge in [-0.2, -0.15) is 0 Å². The first-order valence-corrected chi connectivity index (χ1v) is 5.22. The fraction of sp³-hybridized carbons (Fsp3) is 0.500. The van der Waals surface area contributed by atoms with Crippen molar-refractivity contribution in [3.8, 4) is 0 Å². The zero-order chi connectivity index (χ0) is 7.73. The highest BCUT2D eigenvalue weighted by Gasteiger charge is 2.44. The average Bonchev–Trinajstić information content (AvgIpc) is 2.86. The summed E-state index contributed by atoms with van der Waals surface area (Å²) in [6.07, 6.45) is 6.07. The molecule has 1 aromatic heterocycles. The van der Waals surface area contributed by atoms with E-state index in [9.17, 15) is 0 Å². The molecular formula is C8H9IN2. The minimum atomic E-state index is 0.420. The Morgan fingerprint density at radius 3 is 2.82 bits per heavy atom. The third kappa shape index (κ3) is 1.26. The Balaban J connectivity index is 2.30. The standard InChI is InChI=1S/C8H9IN2/c9-5-8(2-3-8)7-1-4-10-6-11-7/h1,4,6H,2-3,5H2. The number of aromatic nitrogens is 2. The van der Waals surface area contributed by atoms with Gasteiger partial charge >= 0.3 is 0 Å². The maximum absolute atomic E-state index is 4.27. The van der Waals surface area contributed by atoms with Crippen LogP contribution in [0, 0.1) is 0 Å². The molecule has 0 saturated heterocycles. The molecule has 11 heavy (non-hydrogen) atoms. The van der Waals surface area contributed by atoms with E-state index in [0.717, 1.165) is 0 Å². The van der Waals surface area contributed by atoms with Crippen molar-refractivity contribution in [2.45, 2.75) is 18.3 Å². The van der Waals surface area contributed by atoms with Crippen LogP contribution in [-0.4, -0.2) is 14.4 Å². The Morgan fingerprint density at radius 1 is 1.55 bits per heavy atom. The van der Waals surface area contributed by atoms with Crippen LogP contribution in [0.2, 0.25) is 0 Å². The van der Waals surface area contributed by atoms with Gasteiger partial charge in [0, 0.05) is 16.0 Å². The van der Waals surface area contributed by atoms with Crippen LogP contribution in [0.25, 0.3) is 0 Å². The molecule has 1 saturated carbocycles. The molecule has 1 aromatic rings. The number of nitrogens with zero attached hydrogens (tertiary/aromatic N) is 2. The third-order valence-corrected chi connectivity index (χ3v) is 3.69. The van der Waals surface area contributed by atoms with E-state index < -0.39 is 0 Å². The number of rotatable bonds is 2. The quantitative estimate of drug-likeness (QED) is 0.600. The average molecular weight is 260 g/mol. The van der Waals surface area contributed by atoms with E-state index in [1.807, 2.05) is 12.3 Å². The van der Waals surface area contributed by atoms with E-state index in [1.165, 1.54) is 23.0 Å². The van der Waals surface area contributed by atoms with Gasteiger partial charge in [0.15, 0.2) is 0 Å². The van der Waals surface area contributed by atoms with Crippen molar-refractivity contribution >= 4 is 22.6 Å². The highest BCUT2D eigenvalue weighted by molar-refractivity contribution is 14.1. The second kappa shape index (κ2) is 2.69. The number of halogens is 1. The van der Waals surface area contributed by atoms with Crippen molar-refractivity contribution in [3.63, 3.8) is 0 Å². The van der Waals surface area contributed by atoms with Crippen molar-refractivity contribution in [3.05, 3.63) is 24.3 Å². The molecule has 1 heterocycles. The van der Waals surface area contributed by atoms with Gasteiger partial charge in [-0.3, -0.25) is 0 Å². The Labute approximate surface area is 79.6 Å². The van der Waals surface area contributed by atoms with E-state index >= 15 is 0 Å². The first kappa shape index (κ1) is 7.46. The minimum Gasteiger partial charge on any atom is -0.245 e. The third-order valence-electron chi connectivity index (χ3n) is 2.23. The number of hydrogen-bond donors (Lipinski definition) is 0. The van der Waals surface area contributed by atoms with Crippen molar-refractivity contribution < 1.29 is 0 Å². The molecule has 0 aromatic carbocycles. The topological polar surface area (TPSA) is 25.8 Å². The van der Waals surface area contributed by atoms with Gasteiger partial charge in [0.25, 0.3) is 0 Å². The SMILES string of the molecule is ICC1(c2ccncn2)CC1. The van der Waals surface area contributed by atoms with Gasteiger partial charge < -0.3 is 0 Å². The molecular weight excluding hydrogens is 251 g/mol. The largest absolute Gasteiger partial charge is 0.245 e. The molecule has 2 rings (SSSR count). The lowest BCUT2D eigenvalue weighted by Crippen LogP contribution is -2.09. The van der Waals surface area contributed by atoms with Gasteiger partial charge in [-0.15, -0.1) is 0 Å². The van der Waals surface area contributed by atoms with Crippen LogP contribution in [0.15, 0.2) is 18.6 Å². The zero-order valence-corrected chi connectivity index (χ0v) is 8.28. The van der Waals surface area contributed by atoms with Gasteiger partial charge in [-0.05, 0) is 18.9 Å². The first-order chi connectivity index (χ1) is 5.37. The van der Waals surface area contributed by atoms with E-state index in [1.54, 1.807) is 6.33 Å². The lowest BCUT2D eigenvalue weighted by atomic mass is 10.1. The molecule has 0 spiro atoms. The van der Waals surface area contributed by atoms with E-state index in [4.69, 9.17) is 0 Å². The number of hydrogen-bond acceptors (Lipinski definition) is 2. The van der Waals surface area contributed by atoms with Crippen LogP contribution < -0.4 is 0 Å². The predicted octanol–water partition coefficient (Wildman–Crippen LogP) is 1.94. The maximum Gasteiger partial charge on any atom is 0.115 e. The van der Waals surface area contributed by atoms with Gasteiger partial charge in [-0.25, -0.2) is 9.97 Å². The molecule has 0 atom stereocenters. The molecule has 0 radical (unpaired) electrons. The Kier molecular flexibility index (Phi) is 1.83. The summed E-state index contributed by atoms with van der Waals surface area (Å²) in [5.41, 5.74) is 1.64. The Morgan fingerprint density at radius 2 is 2.36 bits per heavy atom. The van der Waals surface area contributed by atoms with Crippen LogP contribution in [0.4, 0.5) is 0 Å². The molecule has 3 heteroatoms. The lowest BCUT2D eigenvalue weighted by molar-refractivity contribution is 0.768. The molecule has 1 aliphatic carbocycles. The smallest absolute Gasteiger partial charge is 0.115 e. The summed E-state index contributed by atoms with van der Waals surface area (Å²) in [7, 11) is 0. The van der Waals surface area contributed by atoms with Crippen molar-refractivity contribution in [1.82, 2.24) is 9.97 Å². The summed E-state index contributed by atoms with van der Waals surface area (Å²) < 4.78 is 1.18. The second-order valence-corrected chi connectivity index (χ2v) is 3.77. The summed E-state index contributed by atoms with van der Waals surface area (Å²) in [5, 5.41) is 0. The van der Waals surface area contributed by atoms with Crippen molar-refractivity contribution in [2.24, 2.45) is 0 Å². The number of alkyl halides is 1. The highest BCUT2D eigenvalue weighted by atomic mass is 127. The van der Waals surface area contributed by atoms with Crippen LogP contribution in [0.3, 0.4) is 0 Å². The molecule has 0 N–H and O–H groups in total. The molecule has 0 unspecified atom stereocenters. The zero-order valence-electron chi connectivity index (χ0n) is 6.13. The summed E-state index contributed by atoms with van der Waals surface area (Å²) in [5.74, 6) is 0. The fourth-order valence-corrected chi connectivity index (χ4v) is 2.37. The monoisotopic (exact) mass is 260 g/mol. The molecule has 58 valence electrons. The van der Waals surface area contributed by atoms with E-state index in [0.29, 0.717) is 5.41 Å². The fourth-order valence-electron chi connectivity index (χ4n) is 1.21. The van der Waals surface area contributed by atoms with Gasteiger partial charge in [0.05, 0.1) is 5.69 Å². The highest BCUT2D eigenvalue weighted by Crippen LogP contribution is 2.48. The molecule has 1 aliphatic rings. The van der Waals surface area contributed by atoms with Crippen LogP contribution >= 0.6 is 22.6 Å². The summed E-state index contributed by atoms with van der Waals surface area (Å²) in [4.78, 5) is 8.18. The Hall–Kier alpha value is -0.190. The van der Waals surface area contributed by atoms with Gasteiger partial charge in [0.2, 0.25) is 0 Å². The second-order valence-electron chi connectivity index (χ2n) is 3.01. The van der Waals surface area contributed by atoms with Crippen molar-refractivity contribution in [1.29, 1.82) is 0 Å². The summed E-state index contributed by atoms with van der Waals surface area (Å²) in [6.45, 7) is 0. The molecule has 2 nitrogen and oxygen atoms in total.